The molecule has 0 unspecified atom stereocenters. The Labute approximate surface area is 84.5 Å². The Bertz CT molecular complexity index is 358. The molecule has 0 radical (unpaired) electrons. The standard InChI is InChI=1S/C12H14O2/c1-3-4-5-7-10-8-6-9-11(14-2)12(10)13/h6,8-9,13H,5,7H2,1-2H3. The Balaban J connectivity index is 2.79. The summed E-state index contributed by atoms with van der Waals surface area (Å²) in [5, 5.41) is 9.71. The second-order valence-corrected chi connectivity index (χ2v) is 2.89. The number of para-hydroxylation sites is 1. The molecule has 2 heteroatoms. The Morgan fingerprint density at radius 2 is 2.21 bits per heavy atom. The van der Waals surface area contributed by atoms with E-state index < -0.39 is 0 Å². The lowest BCUT2D eigenvalue weighted by molar-refractivity contribution is 0.370. The van der Waals surface area contributed by atoms with Gasteiger partial charge in [-0.05, 0) is 25.0 Å². The predicted octanol–water partition coefficient (Wildman–Crippen LogP) is 2.36. The number of rotatable bonds is 3. The van der Waals surface area contributed by atoms with Gasteiger partial charge >= 0.3 is 0 Å². The highest BCUT2D eigenvalue weighted by atomic mass is 16.5. The van der Waals surface area contributed by atoms with Crippen LogP contribution in [0.4, 0.5) is 0 Å². The van der Waals surface area contributed by atoms with Gasteiger partial charge in [0.2, 0.25) is 0 Å². The van der Waals surface area contributed by atoms with E-state index in [2.05, 4.69) is 11.8 Å². The molecule has 1 rings (SSSR count). The Hall–Kier alpha value is -1.62. The molecule has 1 aromatic carbocycles. The van der Waals surface area contributed by atoms with Gasteiger partial charge in [0, 0.05) is 6.42 Å². The van der Waals surface area contributed by atoms with Gasteiger partial charge in [0.25, 0.3) is 0 Å². The second kappa shape index (κ2) is 5.18. The summed E-state index contributed by atoms with van der Waals surface area (Å²) in [4.78, 5) is 0. The van der Waals surface area contributed by atoms with Crippen LogP contribution in [-0.4, -0.2) is 12.2 Å². The molecular formula is C12H14O2. The summed E-state index contributed by atoms with van der Waals surface area (Å²) in [5.41, 5.74) is 0.882. The van der Waals surface area contributed by atoms with Crippen LogP contribution in [0, 0.1) is 11.8 Å². The van der Waals surface area contributed by atoms with Gasteiger partial charge in [-0.25, -0.2) is 0 Å². The number of aryl methyl sites for hydroxylation is 1. The van der Waals surface area contributed by atoms with Crippen LogP contribution < -0.4 is 4.74 Å². The third-order valence-corrected chi connectivity index (χ3v) is 2.00. The van der Waals surface area contributed by atoms with Crippen molar-refractivity contribution >= 4 is 0 Å². The molecule has 0 spiro atoms. The van der Waals surface area contributed by atoms with E-state index in [4.69, 9.17) is 4.74 Å². The van der Waals surface area contributed by atoms with Crippen molar-refractivity contribution in [2.75, 3.05) is 7.11 Å². The fraction of sp³-hybridized carbons (Fsp3) is 0.333. The highest BCUT2D eigenvalue weighted by molar-refractivity contribution is 5.45. The van der Waals surface area contributed by atoms with Gasteiger partial charge in [-0.2, -0.15) is 0 Å². The number of phenolic OH excluding ortho intramolecular Hbond substituents is 1. The van der Waals surface area contributed by atoms with Crippen molar-refractivity contribution < 1.29 is 9.84 Å². The first kappa shape index (κ1) is 10.5. The van der Waals surface area contributed by atoms with E-state index in [9.17, 15) is 5.11 Å². The quantitative estimate of drug-likeness (QED) is 0.741. The van der Waals surface area contributed by atoms with Gasteiger partial charge in [-0.1, -0.05) is 12.1 Å². The maximum atomic E-state index is 9.71. The van der Waals surface area contributed by atoms with Gasteiger partial charge in [0.1, 0.15) is 0 Å². The zero-order valence-electron chi connectivity index (χ0n) is 8.50. The molecule has 0 bridgehead atoms. The van der Waals surface area contributed by atoms with E-state index in [1.807, 2.05) is 19.1 Å². The molecule has 74 valence electrons. The number of ether oxygens (including phenoxy) is 1. The number of aromatic hydroxyl groups is 1. The van der Waals surface area contributed by atoms with Gasteiger partial charge in [-0.3, -0.25) is 0 Å². The molecular weight excluding hydrogens is 176 g/mol. The lowest BCUT2D eigenvalue weighted by atomic mass is 10.1. The summed E-state index contributed by atoms with van der Waals surface area (Å²) in [6, 6.07) is 5.49. The third-order valence-electron chi connectivity index (χ3n) is 2.00. The average Bonchev–Trinajstić information content (AvgIpc) is 2.21. The van der Waals surface area contributed by atoms with E-state index >= 15 is 0 Å². The van der Waals surface area contributed by atoms with Crippen LogP contribution in [0.25, 0.3) is 0 Å². The minimum atomic E-state index is 0.230. The van der Waals surface area contributed by atoms with Crippen LogP contribution in [-0.2, 0) is 6.42 Å². The molecule has 0 amide bonds. The van der Waals surface area contributed by atoms with Gasteiger partial charge in [-0.15, -0.1) is 11.8 Å². The Morgan fingerprint density at radius 3 is 2.86 bits per heavy atom. The van der Waals surface area contributed by atoms with E-state index in [0.717, 1.165) is 18.4 Å². The molecule has 0 saturated carbocycles. The molecule has 1 N–H and O–H groups in total. The van der Waals surface area contributed by atoms with Gasteiger partial charge < -0.3 is 9.84 Å². The summed E-state index contributed by atoms with van der Waals surface area (Å²) < 4.78 is 5.01. The van der Waals surface area contributed by atoms with Crippen molar-refractivity contribution in [3.63, 3.8) is 0 Å². The van der Waals surface area contributed by atoms with Gasteiger partial charge in [0.05, 0.1) is 7.11 Å². The molecule has 2 nitrogen and oxygen atoms in total. The fourth-order valence-corrected chi connectivity index (χ4v) is 1.26. The molecule has 0 saturated heterocycles. The molecule has 0 atom stereocenters. The van der Waals surface area contributed by atoms with Crippen LogP contribution in [0.5, 0.6) is 11.5 Å². The van der Waals surface area contributed by atoms with Crippen LogP contribution in [0.2, 0.25) is 0 Å². The smallest absolute Gasteiger partial charge is 0.160 e. The largest absolute Gasteiger partial charge is 0.504 e. The fourth-order valence-electron chi connectivity index (χ4n) is 1.26. The van der Waals surface area contributed by atoms with Crippen molar-refractivity contribution in [1.82, 2.24) is 0 Å². The molecule has 0 aliphatic rings. The Kier molecular flexibility index (Phi) is 3.87. The SMILES string of the molecule is CC#CCCc1cccc(OC)c1O. The number of hydrogen-bond acceptors (Lipinski definition) is 2. The summed E-state index contributed by atoms with van der Waals surface area (Å²) in [5.74, 6) is 6.53. The lowest BCUT2D eigenvalue weighted by Crippen LogP contribution is -1.89. The molecule has 0 aromatic heterocycles. The van der Waals surface area contributed by atoms with E-state index in [0.29, 0.717) is 5.75 Å². The van der Waals surface area contributed by atoms with Crippen molar-refractivity contribution in [1.29, 1.82) is 0 Å². The van der Waals surface area contributed by atoms with Crippen LogP contribution in [0.15, 0.2) is 18.2 Å². The maximum Gasteiger partial charge on any atom is 0.160 e. The monoisotopic (exact) mass is 190 g/mol. The molecule has 0 heterocycles. The van der Waals surface area contributed by atoms with Crippen molar-refractivity contribution in [3.8, 4) is 23.3 Å². The third kappa shape index (κ3) is 2.43. The topological polar surface area (TPSA) is 29.5 Å². The average molecular weight is 190 g/mol. The normalized spacial score (nSPS) is 9.00. The highest BCUT2D eigenvalue weighted by Gasteiger charge is 2.05. The molecule has 0 aliphatic heterocycles. The molecule has 1 aromatic rings. The van der Waals surface area contributed by atoms with E-state index in [1.54, 1.807) is 13.2 Å². The molecule has 14 heavy (non-hydrogen) atoms. The predicted molar refractivity (Wildman–Crippen MR) is 56.4 cm³/mol. The summed E-state index contributed by atoms with van der Waals surface area (Å²) >= 11 is 0. The maximum absolute atomic E-state index is 9.71. The Morgan fingerprint density at radius 1 is 1.43 bits per heavy atom. The lowest BCUT2D eigenvalue weighted by Gasteiger charge is -2.06. The van der Waals surface area contributed by atoms with Crippen LogP contribution in [0.1, 0.15) is 18.9 Å². The number of phenols is 1. The summed E-state index contributed by atoms with van der Waals surface area (Å²) in [6.07, 6.45) is 1.51. The number of hydrogen-bond donors (Lipinski definition) is 1. The van der Waals surface area contributed by atoms with Crippen LogP contribution >= 0.6 is 0 Å². The van der Waals surface area contributed by atoms with E-state index in [-0.39, 0.29) is 5.75 Å². The summed E-state index contributed by atoms with van der Waals surface area (Å²) in [7, 11) is 1.55. The minimum Gasteiger partial charge on any atom is -0.504 e. The zero-order chi connectivity index (χ0) is 10.4. The number of methoxy groups -OCH3 is 1. The van der Waals surface area contributed by atoms with Crippen molar-refractivity contribution in [2.24, 2.45) is 0 Å². The zero-order valence-corrected chi connectivity index (χ0v) is 8.50. The minimum absolute atomic E-state index is 0.230. The first-order valence-corrected chi connectivity index (χ1v) is 4.54. The van der Waals surface area contributed by atoms with Crippen LogP contribution in [0.3, 0.4) is 0 Å². The van der Waals surface area contributed by atoms with Crippen molar-refractivity contribution in [3.05, 3.63) is 23.8 Å². The second-order valence-electron chi connectivity index (χ2n) is 2.89. The molecule has 0 fully saturated rings. The first-order valence-electron chi connectivity index (χ1n) is 4.54. The summed E-state index contributed by atoms with van der Waals surface area (Å²) in [6.45, 7) is 1.81. The van der Waals surface area contributed by atoms with Crippen molar-refractivity contribution in [2.45, 2.75) is 19.8 Å². The van der Waals surface area contributed by atoms with E-state index in [1.165, 1.54) is 0 Å². The number of benzene rings is 1. The molecule has 0 aliphatic carbocycles. The highest BCUT2D eigenvalue weighted by Crippen LogP contribution is 2.29. The first-order chi connectivity index (χ1) is 6.79. The van der Waals surface area contributed by atoms with Gasteiger partial charge in [0.15, 0.2) is 11.5 Å².